The van der Waals surface area contributed by atoms with Gasteiger partial charge in [0.15, 0.2) is 0 Å². The van der Waals surface area contributed by atoms with Gasteiger partial charge in [-0.15, -0.1) is 0 Å². The molecular formula is C12H22N2O4. The molecule has 6 nitrogen and oxygen atoms in total. The fourth-order valence-corrected chi connectivity index (χ4v) is 1.86. The van der Waals surface area contributed by atoms with Crippen molar-refractivity contribution in [3.63, 3.8) is 0 Å². The van der Waals surface area contributed by atoms with Crippen molar-refractivity contribution in [3.05, 3.63) is 0 Å². The number of hydrogen-bond acceptors (Lipinski definition) is 3. The Bertz CT molecular complexity index is 317. The second kappa shape index (κ2) is 6.04. The Balaban J connectivity index is 2.68. The van der Waals surface area contributed by atoms with Gasteiger partial charge in [0.25, 0.3) is 0 Å². The van der Waals surface area contributed by atoms with E-state index in [4.69, 9.17) is 10.2 Å². The topological polar surface area (TPSA) is 89.9 Å². The molecule has 0 aromatic carbocycles. The van der Waals surface area contributed by atoms with E-state index in [-0.39, 0.29) is 19.2 Å². The van der Waals surface area contributed by atoms with Crippen LogP contribution in [-0.4, -0.2) is 51.8 Å². The minimum absolute atomic E-state index is 0.111. The van der Waals surface area contributed by atoms with E-state index >= 15 is 0 Å². The fraction of sp³-hybridized carbons (Fsp3) is 0.833. The van der Waals surface area contributed by atoms with Gasteiger partial charge in [0, 0.05) is 12.6 Å². The lowest BCUT2D eigenvalue weighted by atomic mass is 9.91. The number of carboxylic acids is 1. The normalized spacial score (nSPS) is 18.6. The Morgan fingerprint density at radius 1 is 1.44 bits per heavy atom. The molecule has 1 saturated carbocycles. The largest absolute Gasteiger partial charge is 0.480 e. The van der Waals surface area contributed by atoms with Gasteiger partial charge in [-0.05, 0) is 32.6 Å². The molecule has 104 valence electrons. The van der Waals surface area contributed by atoms with Crippen molar-refractivity contribution in [2.75, 3.05) is 13.2 Å². The average molecular weight is 258 g/mol. The number of hydrogen-bond donors (Lipinski definition) is 3. The molecular weight excluding hydrogens is 236 g/mol. The van der Waals surface area contributed by atoms with Gasteiger partial charge in [-0.3, -0.25) is 0 Å². The lowest BCUT2D eigenvalue weighted by Crippen LogP contribution is -2.58. The molecule has 0 aromatic rings. The Labute approximate surface area is 107 Å². The number of carbonyl (C=O) groups is 2. The van der Waals surface area contributed by atoms with Crippen LogP contribution in [0.15, 0.2) is 0 Å². The summed E-state index contributed by atoms with van der Waals surface area (Å²) < 4.78 is 0. The van der Waals surface area contributed by atoms with E-state index in [0.717, 1.165) is 19.3 Å². The van der Waals surface area contributed by atoms with Crippen molar-refractivity contribution >= 4 is 12.0 Å². The predicted octanol–water partition coefficient (Wildman–Crippen LogP) is 0.796. The molecule has 1 atom stereocenters. The van der Waals surface area contributed by atoms with Crippen LogP contribution in [0.4, 0.5) is 4.79 Å². The second-order valence-corrected chi connectivity index (χ2v) is 4.92. The lowest BCUT2D eigenvalue weighted by Gasteiger charge is -2.39. The molecule has 18 heavy (non-hydrogen) atoms. The standard InChI is InChI=1S/C12H22N2O4/c1-3-12(2,10(16)17)13-11(18)14(7-8-15)9-5-4-6-9/h9,15H,3-8H2,1-2H3,(H,13,18)(H,16,17). The number of amides is 2. The number of urea groups is 1. The highest BCUT2D eigenvalue weighted by Gasteiger charge is 2.36. The first-order chi connectivity index (χ1) is 8.44. The number of nitrogens with one attached hydrogen (secondary N) is 1. The molecule has 1 aliphatic carbocycles. The summed E-state index contributed by atoms with van der Waals surface area (Å²) in [5.74, 6) is -1.05. The zero-order chi connectivity index (χ0) is 13.8. The van der Waals surface area contributed by atoms with Crippen molar-refractivity contribution in [3.8, 4) is 0 Å². The van der Waals surface area contributed by atoms with Crippen LogP contribution in [0.2, 0.25) is 0 Å². The zero-order valence-electron chi connectivity index (χ0n) is 11.0. The quantitative estimate of drug-likeness (QED) is 0.657. The summed E-state index contributed by atoms with van der Waals surface area (Å²) in [5.41, 5.74) is -1.26. The highest BCUT2D eigenvalue weighted by atomic mass is 16.4. The SMILES string of the molecule is CCC(C)(NC(=O)N(CCO)C1CCC1)C(=O)O. The van der Waals surface area contributed by atoms with Crippen LogP contribution in [0, 0.1) is 0 Å². The first-order valence-electron chi connectivity index (χ1n) is 6.37. The van der Waals surface area contributed by atoms with E-state index < -0.39 is 17.5 Å². The Morgan fingerprint density at radius 2 is 2.06 bits per heavy atom. The molecule has 6 heteroatoms. The van der Waals surface area contributed by atoms with Crippen LogP contribution in [0.25, 0.3) is 0 Å². The third kappa shape index (κ3) is 3.13. The molecule has 1 fully saturated rings. The molecule has 1 rings (SSSR count). The minimum atomic E-state index is -1.26. The molecule has 1 unspecified atom stereocenters. The predicted molar refractivity (Wildman–Crippen MR) is 66.3 cm³/mol. The Kier molecular flexibility index (Phi) is 4.95. The molecule has 0 aromatic heterocycles. The first kappa shape index (κ1) is 14.8. The van der Waals surface area contributed by atoms with Crippen LogP contribution in [0.1, 0.15) is 39.5 Å². The number of nitrogens with zero attached hydrogens (tertiary/aromatic N) is 1. The van der Waals surface area contributed by atoms with Gasteiger partial charge in [-0.2, -0.15) is 0 Å². The van der Waals surface area contributed by atoms with E-state index in [9.17, 15) is 9.59 Å². The lowest BCUT2D eigenvalue weighted by molar-refractivity contribution is -0.143. The summed E-state index contributed by atoms with van der Waals surface area (Å²) >= 11 is 0. The summed E-state index contributed by atoms with van der Waals surface area (Å²) in [6.07, 6.45) is 3.22. The second-order valence-electron chi connectivity index (χ2n) is 4.92. The van der Waals surface area contributed by atoms with Crippen LogP contribution < -0.4 is 5.32 Å². The van der Waals surface area contributed by atoms with Gasteiger partial charge in [0.05, 0.1) is 6.61 Å². The zero-order valence-corrected chi connectivity index (χ0v) is 11.0. The number of aliphatic carboxylic acids is 1. The van der Waals surface area contributed by atoms with Gasteiger partial charge in [-0.25, -0.2) is 9.59 Å². The van der Waals surface area contributed by atoms with E-state index in [1.165, 1.54) is 6.92 Å². The summed E-state index contributed by atoms with van der Waals surface area (Å²) in [6, 6.07) is -0.271. The molecule has 0 radical (unpaired) electrons. The van der Waals surface area contributed by atoms with Crippen molar-refractivity contribution in [1.29, 1.82) is 0 Å². The molecule has 0 bridgehead atoms. The maximum Gasteiger partial charge on any atom is 0.329 e. The van der Waals surface area contributed by atoms with E-state index in [1.54, 1.807) is 11.8 Å². The number of rotatable bonds is 6. The number of aliphatic hydroxyl groups excluding tert-OH is 1. The van der Waals surface area contributed by atoms with E-state index in [0.29, 0.717) is 6.42 Å². The summed E-state index contributed by atoms with van der Waals surface area (Å²) in [6.45, 7) is 3.34. The smallest absolute Gasteiger partial charge is 0.329 e. The third-order valence-electron chi connectivity index (χ3n) is 3.68. The summed E-state index contributed by atoms with van der Waals surface area (Å²) in [7, 11) is 0. The third-order valence-corrected chi connectivity index (χ3v) is 3.68. The van der Waals surface area contributed by atoms with Gasteiger partial charge in [-0.1, -0.05) is 6.92 Å². The van der Waals surface area contributed by atoms with Crippen LogP contribution in [0.3, 0.4) is 0 Å². The van der Waals surface area contributed by atoms with Crippen LogP contribution in [0.5, 0.6) is 0 Å². The highest BCUT2D eigenvalue weighted by Crippen LogP contribution is 2.25. The molecule has 0 spiro atoms. The monoisotopic (exact) mass is 258 g/mol. The molecule has 0 aliphatic heterocycles. The Hall–Kier alpha value is -1.30. The van der Waals surface area contributed by atoms with Gasteiger partial charge in [0.2, 0.25) is 0 Å². The van der Waals surface area contributed by atoms with Gasteiger partial charge < -0.3 is 20.4 Å². The number of aliphatic hydroxyl groups is 1. The average Bonchev–Trinajstić information content (AvgIpc) is 2.25. The first-order valence-corrected chi connectivity index (χ1v) is 6.37. The maximum atomic E-state index is 12.1. The summed E-state index contributed by atoms with van der Waals surface area (Å²) in [4.78, 5) is 24.8. The van der Waals surface area contributed by atoms with Crippen molar-refractivity contribution in [2.24, 2.45) is 0 Å². The van der Waals surface area contributed by atoms with Crippen LogP contribution in [-0.2, 0) is 4.79 Å². The highest BCUT2D eigenvalue weighted by molar-refractivity contribution is 5.86. The van der Waals surface area contributed by atoms with E-state index in [1.807, 2.05) is 0 Å². The van der Waals surface area contributed by atoms with Crippen molar-refractivity contribution < 1.29 is 19.8 Å². The Morgan fingerprint density at radius 3 is 2.39 bits per heavy atom. The molecule has 2 amide bonds. The molecule has 0 heterocycles. The minimum Gasteiger partial charge on any atom is -0.480 e. The number of carboxylic acid groups (broad SMARTS) is 1. The van der Waals surface area contributed by atoms with Gasteiger partial charge >= 0.3 is 12.0 Å². The van der Waals surface area contributed by atoms with E-state index in [2.05, 4.69) is 5.32 Å². The molecule has 0 saturated heterocycles. The molecule has 1 aliphatic rings. The number of carbonyl (C=O) groups excluding carboxylic acids is 1. The molecule has 3 N–H and O–H groups in total. The van der Waals surface area contributed by atoms with Crippen LogP contribution >= 0.6 is 0 Å². The van der Waals surface area contributed by atoms with Crippen molar-refractivity contribution in [2.45, 2.75) is 51.1 Å². The van der Waals surface area contributed by atoms with Crippen molar-refractivity contribution in [1.82, 2.24) is 10.2 Å². The van der Waals surface area contributed by atoms with Gasteiger partial charge in [0.1, 0.15) is 5.54 Å². The maximum absolute atomic E-state index is 12.1. The fourth-order valence-electron chi connectivity index (χ4n) is 1.86. The summed E-state index contributed by atoms with van der Waals surface area (Å²) in [5, 5.41) is 20.7.